The second-order valence-electron chi connectivity index (χ2n) is 4.69. The van der Waals surface area contributed by atoms with Crippen LogP contribution in [0.1, 0.15) is 37.6 Å². The first kappa shape index (κ1) is 8.89. The Bertz CT molecular complexity index is 501. The highest BCUT2D eigenvalue weighted by Crippen LogP contribution is 2.33. The zero-order valence-electron chi connectivity index (χ0n) is 9.14. The lowest BCUT2D eigenvalue weighted by Gasteiger charge is -2.23. The van der Waals surface area contributed by atoms with Gasteiger partial charge in [0.05, 0.1) is 11.9 Å². The largest absolute Gasteiger partial charge is 0.301 e. The Labute approximate surface area is 89.2 Å². The Morgan fingerprint density at radius 3 is 3.13 bits per heavy atom. The molecule has 0 N–H and O–H groups in total. The molecule has 2 aromatic rings. The summed E-state index contributed by atoms with van der Waals surface area (Å²) in [7, 11) is 0. The molecule has 78 valence electrons. The predicted molar refractivity (Wildman–Crippen MR) is 58.9 cm³/mol. The van der Waals surface area contributed by atoms with Crippen LogP contribution in [0.2, 0.25) is 0 Å². The molecule has 2 aromatic heterocycles. The van der Waals surface area contributed by atoms with Gasteiger partial charge in [-0.15, -0.1) is 0 Å². The van der Waals surface area contributed by atoms with Gasteiger partial charge >= 0.3 is 0 Å². The number of hydrogen-bond donors (Lipinski definition) is 0. The lowest BCUT2D eigenvalue weighted by atomic mass is 9.84. The molecule has 0 radical (unpaired) electrons. The highest BCUT2D eigenvalue weighted by Gasteiger charge is 2.25. The van der Waals surface area contributed by atoms with Crippen LogP contribution in [0.4, 0.5) is 0 Å². The van der Waals surface area contributed by atoms with Crippen molar-refractivity contribution in [1.82, 2.24) is 14.4 Å². The molecule has 2 unspecified atom stereocenters. The minimum absolute atomic E-state index is 0.587. The summed E-state index contributed by atoms with van der Waals surface area (Å²) in [5, 5.41) is 0. The third kappa shape index (κ3) is 1.26. The van der Waals surface area contributed by atoms with Crippen molar-refractivity contribution in [3.63, 3.8) is 0 Å². The second kappa shape index (κ2) is 3.05. The minimum atomic E-state index is 0.587. The van der Waals surface area contributed by atoms with Crippen LogP contribution in [0.3, 0.4) is 0 Å². The van der Waals surface area contributed by atoms with Crippen molar-refractivity contribution < 1.29 is 0 Å². The summed E-state index contributed by atoms with van der Waals surface area (Å²) in [5.41, 5.74) is 3.66. The molecule has 0 bridgehead atoms. The smallest absolute Gasteiger partial charge is 0.155 e. The number of aromatic nitrogens is 3. The molecule has 3 nitrogen and oxygen atoms in total. The molecule has 0 fully saturated rings. The zero-order valence-corrected chi connectivity index (χ0v) is 9.14. The fraction of sp³-hybridized carbons (Fsp3) is 0.500. The highest BCUT2D eigenvalue weighted by atomic mass is 15.0. The predicted octanol–water partition coefficient (Wildman–Crippen LogP) is 2.42. The van der Waals surface area contributed by atoms with Crippen LogP contribution >= 0.6 is 0 Å². The maximum atomic E-state index is 4.67. The third-order valence-corrected chi connectivity index (χ3v) is 3.32. The lowest BCUT2D eigenvalue weighted by Crippen LogP contribution is -2.15. The SMILES string of the molecule is CC1Cc2c(nc3cnccn23)C(C)C1. The third-order valence-electron chi connectivity index (χ3n) is 3.32. The van der Waals surface area contributed by atoms with Gasteiger partial charge in [0.2, 0.25) is 0 Å². The number of imidazole rings is 1. The van der Waals surface area contributed by atoms with E-state index in [1.54, 1.807) is 0 Å². The molecule has 0 aromatic carbocycles. The lowest BCUT2D eigenvalue weighted by molar-refractivity contribution is 0.438. The number of nitrogens with zero attached hydrogens (tertiary/aromatic N) is 3. The molecule has 15 heavy (non-hydrogen) atoms. The van der Waals surface area contributed by atoms with Gasteiger partial charge in [0.1, 0.15) is 0 Å². The Kier molecular flexibility index (Phi) is 1.81. The van der Waals surface area contributed by atoms with E-state index in [-0.39, 0.29) is 0 Å². The van der Waals surface area contributed by atoms with Gasteiger partial charge in [0, 0.05) is 24.0 Å². The molecule has 0 aliphatic heterocycles. The van der Waals surface area contributed by atoms with Crippen molar-refractivity contribution in [2.45, 2.75) is 32.6 Å². The monoisotopic (exact) mass is 201 g/mol. The van der Waals surface area contributed by atoms with Gasteiger partial charge in [0.15, 0.2) is 5.65 Å². The van der Waals surface area contributed by atoms with Gasteiger partial charge in [0.25, 0.3) is 0 Å². The van der Waals surface area contributed by atoms with E-state index in [1.165, 1.54) is 17.8 Å². The van der Waals surface area contributed by atoms with Crippen LogP contribution in [0.5, 0.6) is 0 Å². The molecular weight excluding hydrogens is 186 g/mol. The first-order chi connectivity index (χ1) is 7.25. The van der Waals surface area contributed by atoms with E-state index in [2.05, 4.69) is 28.2 Å². The average Bonchev–Trinajstić information content (AvgIpc) is 2.57. The standard InChI is InChI=1S/C12H15N3/c1-8-5-9(2)12-10(6-8)15-4-3-13-7-11(15)14-12/h3-4,7-9H,5-6H2,1-2H3. The van der Waals surface area contributed by atoms with Crippen molar-refractivity contribution in [3.05, 3.63) is 30.0 Å². The Balaban J connectivity index is 2.27. The Hall–Kier alpha value is -1.38. The summed E-state index contributed by atoms with van der Waals surface area (Å²) < 4.78 is 2.19. The van der Waals surface area contributed by atoms with E-state index < -0.39 is 0 Å². The summed E-state index contributed by atoms with van der Waals surface area (Å²) in [5.74, 6) is 1.35. The van der Waals surface area contributed by atoms with Gasteiger partial charge in [-0.05, 0) is 18.8 Å². The first-order valence-corrected chi connectivity index (χ1v) is 5.56. The number of rotatable bonds is 0. The van der Waals surface area contributed by atoms with Crippen molar-refractivity contribution in [2.75, 3.05) is 0 Å². The first-order valence-electron chi connectivity index (χ1n) is 5.56. The summed E-state index contributed by atoms with van der Waals surface area (Å²) in [6.45, 7) is 4.59. The van der Waals surface area contributed by atoms with Crippen LogP contribution in [0.25, 0.3) is 5.65 Å². The molecule has 3 rings (SSSR count). The molecule has 0 saturated carbocycles. The van der Waals surface area contributed by atoms with Crippen LogP contribution in [-0.2, 0) is 6.42 Å². The van der Waals surface area contributed by atoms with Gasteiger partial charge in [-0.25, -0.2) is 4.98 Å². The van der Waals surface area contributed by atoms with E-state index in [9.17, 15) is 0 Å². The maximum Gasteiger partial charge on any atom is 0.155 e. The second-order valence-corrected chi connectivity index (χ2v) is 4.69. The van der Waals surface area contributed by atoms with E-state index >= 15 is 0 Å². The fourth-order valence-electron chi connectivity index (χ4n) is 2.70. The van der Waals surface area contributed by atoms with Crippen LogP contribution in [0.15, 0.2) is 18.6 Å². The molecule has 0 saturated heterocycles. The molecule has 1 aliphatic carbocycles. The van der Waals surface area contributed by atoms with Crippen molar-refractivity contribution in [3.8, 4) is 0 Å². The van der Waals surface area contributed by atoms with Gasteiger partial charge in [-0.1, -0.05) is 13.8 Å². The highest BCUT2D eigenvalue weighted by molar-refractivity contribution is 5.42. The Morgan fingerprint density at radius 1 is 1.40 bits per heavy atom. The van der Waals surface area contributed by atoms with Gasteiger partial charge in [-0.3, -0.25) is 4.98 Å². The van der Waals surface area contributed by atoms with Crippen LogP contribution < -0.4 is 0 Å². The van der Waals surface area contributed by atoms with E-state index in [1.807, 2.05) is 18.6 Å². The van der Waals surface area contributed by atoms with Crippen molar-refractivity contribution in [2.24, 2.45) is 5.92 Å². The van der Waals surface area contributed by atoms with E-state index in [4.69, 9.17) is 0 Å². The summed E-state index contributed by atoms with van der Waals surface area (Å²) in [6.07, 6.45) is 8.09. The topological polar surface area (TPSA) is 30.2 Å². The Morgan fingerprint density at radius 2 is 2.27 bits per heavy atom. The number of fused-ring (bicyclic) bond motifs is 3. The molecule has 0 amide bonds. The summed E-state index contributed by atoms with van der Waals surface area (Å²) in [4.78, 5) is 8.79. The molecule has 1 aliphatic rings. The maximum absolute atomic E-state index is 4.67. The molecule has 2 heterocycles. The summed E-state index contributed by atoms with van der Waals surface area (Å²) >= 11 is 0. The van der Waals surface area contributed by atoms with Crippen molar-refractivity contribution in [1.29, 1.82) is 0 Å². The van der Waals surface area contributed by atoms with Crippen LogP contribution in [0, 0.1) is 5.92 Å². The quantitative estimate of drug-likeness (QED) is 0.655. The van der Waals surface area contributed by atoms with E-state index in [0.29, 0.717) is 5.92 Å². The molecular formula is C12H15N3. The molecule has 2 atom stereocenters. The van der Waals surface area contributed by atoms with Gasteiger partial charge in [-0.2, -0.15) is 0 Å². The van der Waals surface area contributed by atoms with Crippen molar-refractivity contribution >= 4 is 5.65 Å². The zero-order chi connectivity index (χ0) is 10.4. The normalized spacial score (nSPS) is 25.5. The average molecular weight is 201 g/mol. The summed E-state index contributed by atoms with van der Waals surface area (Å²) in [6, 6.07) is 0. The fourth-order valence-corrected chi connectivity index (χ4v) is 2.70. The minimum Gasteiger partial charge on any atom is -0.301 e. The van der Waals surface area contributed by atoms with E-state index in [0.717, 1.165) is 18.0 Å². The van der Waals surface area contributed by atoms with Gasteiger partial charge < -0.3 is 4.40 Å². The van der Waals surface area contributed by atoms with Crippen LogP contribution in [-0.4, -0.2) is 14.4 Å². The number of hydrogen-bond acceptors (Lipinski definition) is 2. The molecule has 3 heteroatoms. The molecule has 0 spiro atoms.